The lowest BCUT2D eigenvalue weighted by Gasteiger charge is -2.01. The van der Waals surface area contributed by atoms with E-state index in [1.165, 1.54) is 11.4 Å². The summed E-state index contributed by atoms with van der Waals surface area (Å²) in [6.07, 6.45) is 5.80. The molecule has 0 saturated heterocycles. The highest BCUT2D eigenvalue weighted by atomic mass is 35.5. The van der Waals surface area contributed by atoms with E-state index in [0.717, 1.165) is 24.3 Å². The summed E-state index contributed by atoms with van der Waals surface area (Å²) in [5, 5.41) is 0. The van der Waals surface area contributed by atoms with Gasteiger partial charge in [-0.3, -0.25) is 9.97 Å². The Labute approximate surface area is 140 Å². The van der Waals surface area contributed by atoms with Gasteiger partial charge in [0.15, 0.2) is 0 Å². The second kappa shape index (κ2) is 12.3. The summed E-state index contributed by atoms with van der Waals surface area (Å²) in [5.74, 6) is 2.23. The first-order valence-electron chi connectivity index (χ1n) is 5.99. The minimum atomic E-state index is 0. The second-order valence-corrected chi connectivity index (χ2v) is 6.49. The second-order valence-electron chi connectivity index (χ2n) is 3.79. The Bertz CT molecular complexity index is 400. The van der Waals surface area contributed by atoms with Crippen molar-refractivity contribution in [3.8, 4) is 0 Å². The van der Waals surface area contributed by atoms with Crippen molar-refractivity contribution in [2.75, 3.05) is 11.5 Å². The SMILES string of the molecule is Cl.Cl.c1ccc(CCSSCCc2ccccn2)nc1. The molecule has 0 fully saturated rings. The van der Waals surface area contributed by atoms with Crippen LogP contribution in [0.25, 0.3) is 0 Å². The van der Waals surface area contributed by atoms with Gasteiger partial charge in [0, 0.05) is 35.3 Å². The van der Waals surface area contributed by atoms with Gasteiger partial charge in [-0.15, -0.1) is 24.8 Å². The number of rotatable bonds is 7. The summed E-state index contributed by atoms with van der Waals surface area (Å²) in [6.45, 7) is 0. The Balaban J connectivity index is 0.00000180. The first-order valence-corrected chi connectivity index (χ1v) is 8.48. The van der Waals surface area contributed by atoms with Gasteiger partial charge in [0.25, 0.3) is 0 Å². The van der Waals surface area contributed by atoms with Crippen LogP contribution in [0.3, 0.4) is 0 Å². The molecule has 0 aromatic carbocycles. The fraction of sp³-hybridized carbons (Fsp3) is 0.286. The summed E-state index contributed by atoms with van der Waals surface area (Å²) in [7, 11) is 3.83. The molecule has 0 spiro atoms. The monoisotopic (exact) mass is 348 g/mol. The molecule has 0 saturated carbocycles. The topological polar surface area (TPSA) is 25.8 Å². The molecule has 0 unspecified atom stereocenters. The van der Waals surface area contributed by atoms with Crippen molar-refractivity contribution in [3.05, 3.63) is 60.2 Å². The van der Waals surface area contributed by atoms with E-state index in [9.17, 15) is 0 Å². The molecular weight excluding hydrogens is 331 g/mol. The number of aryl methyl sites for hydroxylation is 2. The van der Waals surface area contributed by atoms with Gasteiger partial charge in [-0.25, -0.2) is 0 Å². The number of nitrogens with zero attached hydrogens (tertiary/aromatic N) is 2. The number of aromatic nitrogens is 2. The number of hydrogen-bond donors (Lipinski definition) is 0. The van der Waals surface area contributed by atoms with Crippen molar-refractivity contribution in [1.82, 2.24) is 9.97 Å². The van der Waals surface area contributed by atoms with E-state index in [0.29, 0.717) is 0 Å². The molecule has 0 aliphatic carbocycles. The predicted octanol–water partition coefficient (Wildman–Crippen LogP) is 4.49. The molecule has 0 aliphatic rings. The van der Waals surface area contributed by atoms with E-state index in [1.807, 2.05) is 58.2 Å². The first-order chi connectivity index (χ1) is 8.95. The first kappa shape index (κ1) is 19.6. The molecule has 0 radical (unpaired) electrons. The minimum Gasteiger partial charge on any atom is -0.261 e. The van der Waals surface area contributed by atoms with Crippen LogP contribution in [0.4, 0.5) is 0 Å². The minimum absolute atomic E-state index is 0. The molecule has 110 valence electrons. The molecular formula is C14H18Cl2N2S2. The maximum atomic E-state index is 4.31. The molecule has 0 N–H and O–H groups in total. The van der Waals surface area contributed by atoms with Gasteiger partial charge in [0.2, 0.25) is 0 Å². The third kappa shape index (κ3) is 8.00. The van der Waals surface area contributed by atoms with Crippen molar-refractivity contribution in [1.29, 1.82) is 0 Å². The number of halogens is 2. The van der Waals surface area contributed by atoms with Crippen LogP contribution in [-0.2, 0) is 12.8 Å². The van der Waals surface area contributed by atoms with Gasteiger partial charge >= 0.3 is 0 Å². The van der Waals surface area contributed by atoms with E-state index in [2.05, 4.69) is 22.1 Å². The Hall–Kier alpha value is -0.420. The van der Waals surface area contributed by atoms with Crippen LogP contribution in [0, 0.1) is 0 Å². The normalized spacial score (nSPS) is 9.40. The van der Waals surface area contributed by atoms with Crippen LogP contribution in [0.5, 0.6) is 0 Å². The van der Waals surface area contributed by atoms with Gasteiger partial charge < -0.3 is 0 Å². The van der Waals surface area contributed by atoms with Crippen LogP contribution >= 0.6 is 46.4 Å². The summed E-state index contributed by atoms with van der Waals surface area (Å²) in [6, 6.07) is 12.2. The third-order valence-corrected chi connectivity index (χ3v) is 4.83. The fourth-order valence-corrected chi connectivity index (χ4v) is 3.53. The van der Waals surface area contributed by atoms with Crippen LogP contribution in [0.1, 0.15) is 11.4 Å². The van der Waals surface area contributed by atoms with Crippen molar-refractivity contribution in [3.63, 3.8) is 0 Å². The van der Waals surface area contributed by atoms with Crippen LogP contribution < -0.4 is 0 Å². The lowest BCUT2D eigenvalue weighted by molar-refractivity contribution is 1.05. The zero-order chi connectivity index (χ0) is 12.5. The third-order valence-electron chi connectivity index (χ3n) is 2.42. The molecule has 2 aromatic heterocycles. The van der Waals surface area contributed by atoms with Gasteiger partial charge in [0.05, 0.1) is 0 Å². The molecule has 0 atom stereocenters. The van der Waals surface area contributed by atoms with Gasteiger partial charge in [-0.2, -0.15) is 0 Å². The lowest BCUT2D eigenvalue weighted by Crippen LogP contribution is -1.92. The fourth-order valence-electron chi connectivity index (χ4n) is 1.50. The number of pyridine rings is 2. The van der Waals surface area contributed by atoms with E-state index in [4.69, 9.17) is 0 Å². The van der Waals surface area contributed by atoms with E-state index in [1.54, 1.807) is 0 Å². The Morgan fingerprint density at radius 3 is 1.50 bits per heavy atom. The maximum absolute atomic E-state index is 4.31. The van der Waals surface area contributed by atoms with Crippen molar-refractivity contribution >= 4 is 46.4 Å². The maximum Gasteiger partial charge on any atom is 0.0412 e. The van der Waals surface area contributed by atoms with Crippen molar-refractivity contribution in [2.45, 2.75) is 12.8 Å². The molecule has 2 heterocycles. The average molecular weight is 349 g/mol. The molecule has 0 aliphatic heterocycles. The zero-order valence-electron chi connectivity index (χ0n) is 11.0. The lowest BCUT2D eigenvalue weighted by atomic mass is 10.3. The molecule has 2 aromatic rings. The summed E-state index contributed by atoms with van der Waals surface area (Å²) in [5.41, 5.74) is 2.35. The van der Waals surface area contributed by atoms with E-state index in [-0.39, 0.29) is 24.8 Å². The van der Waals surface area contributed by atoms with Gasteiger partial charge in [0.1, 0.15) is 0 Å². The van der Waals surface area contributed by atoms with Crippen LogP contribution in [-0.4, -0.2) is 21.5 Å². The Morgan fingerprint density at radius 2 is 1.15 bits per heavy atom. The summed E-state index contributed by atoms with van der Waals surface area (Å²) >= 11 is 0. The van der Waals surface area contributed by atoms with Crippen molar-refractivity contribution < 1.29 is 0 Å². The highest BCUT2D eigenvalue weighted by Crippen LogP contribution is 2.22. The largest absolute Gasteiger partial charge is 0.261 e. The quantitative estimate of drug-likeness (QED) is 0.543. The molecule has 20 heavy (non-hydrogen) atoms. The Morgan fingerprint density at radius 1 is 0.700 bits per heavy atom. The molecule has 0 amide bonds. The number of hydrogen-bond acceptors (Lipinski definition) is 4. The molecule has 2 nitrogen and oxygen atoms in total. The summed E-state index contributed by atoms with van der Waals surface area (Å²) in [4.78, 5) is 8.62. The smallest absolute Gasteiger partial charge is 0.0412 e. The van der Waals surface area contributed by atoms with Gasteiger partial charge in [-0.1, -0.05) is 33.7 Å². The van der Waals surface area contributed by atoms with Crippen molar-refractivity contribution in [2.24, 2.45) is 0 Å². The molecule has 2 rings (SSSR count). The molecule has 0 bridgehead atoms. The van der Waals surface area contributed by atoms with Crippen LogP contribution in [0.15, 0.2) is 48.8 Å². The average Bonchev–Trinajstić information content (AvgIpc) is 2.45. The van der Waals surface area contributed by atoms with E-state index < -0.39 is 0 Å². The van der Waals surface area contributed by atoms with E-state index >= 15 is 0 Å². The van der Waals surface area contributed by atoms with Crippen LogP contribution in [0.2, 0.25) is 0 Å². The Kier molecular flexibility index (Phi) is 12.1. The standard InChI is InChI=1S/C14H16N2S2.2ClH/c1-3-9-15-13(5-1)7-11-17-18-12-8-14-6-2-4-10-16-14;;/h1-6,9-10H,7-8,11-12H2;2*1H. The van der Waals surface area contributed by atoms with Gasteiger partial charge in [-0.05, 0) is 37.1 Å². The zero-order valence-corrected chi connectivity index (χ0v) is 14.2. The molecule has 6 heteroatoms. The summed E-state index contributed by atoms with van der Waals surface area (Å²) < 4.78 is 0. The predicted molar refractivity (Wildman–Crippen MR) is 95.3 cm³/mol. The highest BCUT2D eigenvalue weighted by molar-refractivity contribution is 8.76. The highest BCUT2D eigenvalue weighted by Gasteiger charge is 1.96.